The standard InChI is InChI=1S/C43H45N5O/c1-8-29-24-32(46(6)7)25-30(9-2)42(29)43-37(10-3)45-48(38(43)11-4)31-15-14-16-33(26-31)49-34-19-20-36-35-17-12-13-18-39(35)47(40(36)27-34)41-23-28(5)21-22-44-41/h12-27H,8-11H2,1-7H3. The van der Waals surface area contributed by atoms with Gasteiger partial charge in [-0.2, -0.15) is 5.10 Å². The third kappa shape index (κ3) is 5.75. The molecular formula is C43H45N5O. The lowest BCUT2D eigenvalue weighted by atomic mass is 9.88. The number of pyridine rings is 1. The van der Waals surface area contributed by atoms with Gasteiger partial charge in [0.1, 0.15) is 17.3 Å². The van der Waals surface area contributed by atoms with Crippen molar-refractivity contribution in [2.75, 3.05) is 19.0 Å². The molecule has 248 valence electrons. The van der Waals surface area contributed by atoms with Crippen molar-refractivity contribution in [3.63, 3.8) is 0 Å². The Labute approximate surface area is 289 Å². The maximum atomic E-state index is 6.61. The van der Waals surface area contributed by atoms with E-state index in [1.54, 1.807) is 0 Å². The number of para-hydroxylation sites is 1. The molecule has 7 rings (SSSR count). The van der Waals surface area contributed by atoms with Crippen molar-refractivity contribution in [2.45, 2.75) is 60.3 Å². The van der Waals surface area contributed by atoms with E-state index in [4.69, 9.17) is 14.8 Å². The molecule has 0 atom stereocenters. The lowest BCUT2D eigenvalue weighted by molar-refractivity contribution is 0.482. The Hall–Kier alpha value is -5.36. The summed E-state index contributed by atoms with van der Waals surface area (Å²) in [5.41, 5.74) is 13.3. The number of hydrogen-bond donors (Lipinski definition) is 0. The normalized spacial score (nSPS) is 11.5. The first kappa shape index (κ1) is 32.2. The van der Waals surface area contributed by atoms with Crippen LogP contribution in [0.15, 0.2) is 97.2 Å². The Kier molecular flexibility index (Phi) is 8.72. The van der Waals surface area contributed by atoms with Crippen LogP contribution in [0.5, 0.6) is 11.5 Å². The molecule has 0 radical (unpaired) electrons. The van der Waals surface area contributed by atoms with Crippen LogP contribution in [-0.4, -0.2) is 33.4 Å². The predicted molar refractivity (Wildman–Crippen MR) is 204 cm³/mol. The molecule has 0 aliphatic heterocycles. The quantitative estimate of drug-likeness (QED) is 0.148. The van der Waals surface area contributed by atoms with Crippen LogP contribution >= 0.6 is 0 Å². The molecule has 0 bridgehead atoms. The van der Waals surface area contributed by atoms with Gasteiger partial charge < -0.3 is 9.64 Å². The first-order valence-corrected chi connectivity index (χ1v) is 17.5. The Morgan fingerprint density at radius 2 is 1.41 bits per heavy atom. The number of rotatable bonds is 10. The van der Waals surface area contributed by atoms with Gasteiger partial charge in [-0.3, -0.25) is 4.57 Å². The lowest BCUT2D eigenvalue weighted by Crippen LogP contribution is -2.11. The number of nitrogens with zero attached hydrogens (tertiary/aromatic N) is 5. The second-order valence-corrected chi connectivity index (χ2v) is 13.0. The molecule has 4 aromatic carbocycles. The fourth-order valence-electron chi connectivity index (χ4n) is 7.18. The van der Waals surface area contributed by atoms with Gasteiger partial charge in [0.2, 0.25) is 0 Å². The van der Waals surface area contributed by atoms with Crippen LogP contribution in [0.3, 0.4) is 0 Å². The minimum absolute atomic E-state index is 0.768. The second-order valence-electron chi connectivity index (χ2n) is 13.0. The van der Waals surface area contributed by atoms with E-state index in [1.165, 1.54) is 50.0 Å². The third-order valence-electron chi connectivity index (χ3n) is 9.61. The summed E-state index contributed by atoms with van der Waals surface area (Å²) in [5, 5.41) is 7.62. The average molecular weight is 648 g/mol. The van der Waals surface area contributed by atoms with Gasteiger partial charge in [0.15, 0.2) is 0 Å². The van der Waals surface area contributed by atoms with Crippen LogP contribution in [0.25, 0.3) is 44.4 Å². The first-order valence-electron chi connectivity index (χ1n) is 17.5. The van der Waals surface area contributed by atoms with Gasteiger partial charge in [-0.05, 0) is 109 Å². The topological polar surface area (TPSA) is 48.1 Å². The summed E-state index contributed by atoms with van der Waals surface area (Å²) in [5.74, 6) is 2.44. The number of fused-ring (bicyclic) bond motifs is 3. The van der Waals surface area contributed by atoms with E-state index in [9.17, 15) is 0 Å². The number of aryl methyl sites for hydroxylation is 4. The van der Waals surface area contributed by atoms with Crippen LogP contribution < -0.4 is 9.64 Å². The smallest absolute Gasteiger partial charge is 0.137 e. The Morgan fingerprint density at radius 1 is 0.673 bits per heavy atom. The summed E-state index contributed by atoms with van der Waals surface area (Å²) in [4.78, 5) is 6.94. The number of anilines is 1. The highest BCUT2D eigenvalue weighted by atomic mass is 16.5. The molecule has 3 aromatic heterocycles. The second kappa shape index (κ2) is 13.3. The van der Waals surface area contributed by atoms with E-state index in [-0.39, 0.29) is 0 Å². The molecule has 0 unspecified atom stereocenters. The third-order valence-corrected chi connectivity index (χ3v) is 9.61. The van der Waals surface area contributed by atoms with Crippen LogP contribution in [0.2, 0.25) is 0 Å². The highest BCUT2D eigenvalue weighted by Crippen LogP contribution is 2.39. The molecule has 6 heteroatoms. The van der Waals surface area contributed by atoms with Crippen LogP contribution in [0.1, 0.15) is 55.8 Å². The lowest BCUT2D eigenvalue weighted by Gasteiger charge is -2.21. The fourth-order valence-corrected chi connectivity index (χ4v) is 7.18. The Morgan fingerprint density at radius 3 is 2.10 bits per heavy atom. The minimum atomic E-state index is 0.768. The molecule has 0 fully saturated rings. The molecule has 0 N–H and O–H groups in total. The Balaban J connectivity index is 1.31. The van der Waals surface area contributed by atoms with Crippen LogP contribution in [0, 0.1) is 6.92 Å². The predicted octanol–water partition coefficient (Wildman–Crippen LogP) is 10.4. The molecule has 6 nitrogen and oxygen atoms in total. The largest absolute Gasteiger partial charge is 0.457 e. The van der Waals surface area contributed by atoms with Crippen LogP contribution in [-0.2, 0) is 25.7 Å². The summed E-state index contributed by atoms with van der Waals surface area (Å²) < 4.78 is 11.0. The molecule has 0 amide bonds. The minimum Gasteiger partial charge on any atom is -0.457 e. The van der Waals surface area contributed by atoms with Gasteiger partial charge in [0.25, 0.3) is 0 Å². The van der Waals surface area contributed by atoms with Gasteiger partial charge in [0, 0.05) is 54.4 Å². The van der Waals surface area contributed by atoms with Gasteiger partial charge >= 0.3 is 0 Å². The molecule has 0 saturated carbocycles. The zero-order valence-electron chi connectivity index (χ0n) is 29.7. The van der Waals surface area contributed by atoms with Crippen molar-refractivity contribution in [3.05, 3.63) is 125 Å². The summed E-state index contributed by atoms with van der Waals surface area (Å²) in [6.07, 6.45) is 5.53. The van der Waals surface area contributed by atoms with E-state index in [2.05, 4.69) is 142 Å². The highest BCUT2D eigenvalue weighted by molar-refractivity contribution is 6.09. The SMILES string of the molecule is CCc1cc(N(C)C)cc(CC)c1-c1c(CC)nn(-c2cccc(Oc3ccc4c5ccccc5n(-c5cc(C)ccn5)c4c3)c2)c1CC. The monoisotopic (exact) mass is 647 g/mol. The van der Waals surface area contributed by atoms with E-state index >= 15 is 0 Å². The maximum absolute atomic E-state index is 6.61. The van der Waals surface area contributed by atoms with E-state index < -0.39 is 0 Å². The van der Waals surface area contributed by atoms with Crippen LogP contribution in [0.4, 0.5) is 5.69 Å². The van der Waals surface area contributed by atoms with Gasteiger partial charge in [-0.1, -0.05) is 52.0 Å². The number of benzene rings is 4. The summed E-state index contributed by atoms with van der Waals surface area (Å²) >= 11 is 0. The molecule has 3 heterocycles. The molecule has 0 aliphatic rings. The van der Waals surface area contributed by atoms with Crippen molar-refractivity contribution in [1.82, 2.24) is 19.3 Å². The summed E-state index contributed by atoms with van der Waals surface area (Å²) in [6.45, 7) is 11.1. The number of aromatic nitrogens is 4. The fraction of sp³-hybridized carbons (Fsp3) is 0.256. The molecule has 0 aliphatic carbocycles. The number of ether oxygens (including phenoxy) is 1. The summed E-state index contributed by atoms with van der Waals surface area (Å²) in [7, 11) is 4.24. The molecular weight excluding hydrogens is 603 g/mol. The van der Waals surface area contributed by atoms with Crippen molar-refractivity contribution < 1.29 is 4.74 Å². The molecule has 0 saturated heterocycles. The van der Waals surface area contributed by atoms with Crippen molar-refractivity contribution >= 4 is 27.5 Å². The van der Waals surface area contributed by atoms with Gasteiger partial charge in [0.05, 0.1) is 28.1 Å². The molecule has 0 spiro atoms. The Bertz CT molecular complexity index is 2280. The summed E-state index contributed by atoms with van der Waals surface area (Å²) in [6, 6.07) is 32.0. The zero-order valence-corrected chi connectivity index (χ0v) is 29.7. The van der Waals surface area contributed by atoms with Crippen molar-refractivity contribution in [3.8, 4) is 34.1 Å². The maximum Gasteiger partial charge on any atom is 0.137 e. The van der Waals surface area contributed by atoms with E-state index in [0.29, 0.717) is 0 Å². The number of hydrogen-bond acceptors (Lipinski definition) is 4. The first-order chi connectivity index (χ1) is 23.8. The van der Waals surface area contributed by atoms with Crippen molar-refractivity contribution in [1.29, 1.82) is 0 Å². The van der Waals surface area contributed by atoms with E-state index in [1.807, 2.05) is 18.3 Å². The molecule has 7 aromatic rings. The van der Waals surface area contributed by atoms with Gasteiger partial charge in [-0.25, -0.2) is 9.67 Å². The highest BCUT2D eigenvalue weighted by Gasteiger charge is 2.23. The van der Waals surface area contributed by atoms with Gasteiger partial charge in [-0.15, -0.1) is 0 Å². The zero-order chi connectivity index (χ0) is 34.2. The average Bonchev–Trinajstić information content (AvgIpc) is 3.66. The van der Waals surface area contributed by atoms with Crippen molar-refractivity contribution in [2.24, 2.45) is 0 Å². The molecule has 49 heavy (non-hydrogen) atoms. The van der Waals surface area contributed by atoms with E-state index in [0.717, 1.165) is 65.4 Å².